The number of thiazole rings is 1. The van der Waals surface area contributed by atoms with E-state index in [4.69, 9.17) is 9.73 Å². The summed E-state index contributed by atoms with van der Waals surface area (Å²) in [7, 11) is 0. The van der Waals surface area contributed by atoms with Gasteiger partial charge in [0.05, 0.1) is 28.5 Å². The molecule has 9 heteroatoms. The highest BCUT2D eigenvalue weighted by Gasteiger charge is 2.32. The molecule has 222 valence electrons. The monoisotopic (exact) mass is 606 g/mol. The number of allylic oxidation sites excluding steroid dienone is 1. The minimum absolute atomic E-state index is 0.239. The Morgan fingerprint density at radius 1 is 1.02 bits per heavy atom. The van der Waals surface area contributed by atoms with Crippen LogP contribution < -0.4 is 24.9 Å². The Kier molecular flexibility index (Phi) is 7.88. The van der Waals surface area contributed by atoms with Gasteiger partial charge in [0.15, 0.2) is 4.80 Å². The first kappa shape index (κ1) is 29.1. The predicted octanol–water partition coefficient (Wildman–Crippen LogP) is 5.82. The largest absolute Gasteiger partial charge is 0.494 e. The highest BCUT2D eigenvalue weighted by atomic mass is 32.1. The third-order valence-corrected chi connectivity index (χ3v) is 8.63. The van der Waals surface area contributed by atoms with E-state index in [1.165, 1.54) is 23.5 Å². The smallest absolute Gasteiger partial charge is 0.271 e. The zero-order chi connectivity index (χ0) is 31.0. The van der Waals surface area contributed by atoms with Gasteiger partial charge in [-0.25, -0.2) is 9.38 Å². The summed E-state index contributed by atoms with van der Waals surface area (Å²) in [6, 6.07) is 24.3. The third-order valence-electron chi connectivity index (χ3n) is 7.65. The molecule has 3 heterocycles. The summed E-state index contributed by atoms with van der Waals surface area (Å²) in [5.74, 6) is 0.0800. The molecule has 3 aromatic carbocycles. The minimum Gasteiger partial charge on any atom is -0.494 e. The fraction of sp³-hybridized carbons (Fsp3) is 0.171. The summed E-state index contributed by atoms with van der Waals surface area (Å²) in [6.45, 7) is 8.19. The van der Waals surface area contributed by atoms with Crippen molar-refractivity contribution < 1.29 is 13.9 Å². The average molecular weight is 607 g/mol. The van der Waals surface area contributed by atoms with Gasteiger partial charge < -0.3 is 14.6 Å². The Morgan fingerprint density at radius 3 is 2.41 bits per heavy atom. The van der Waals surface area contributed by atoms with E-state index in [2.05, 4.69) is 5.32 Å². The topological polar surface area (TPSA) is 77.6 Å². The molecule has 1 aliphatic rings. The maximum Gasteiger partial charge on any atom is 0.271 e. The summed E-state index contributed by atoms with van der Waals surface area (Å²) in [4.78, 5) is 33.2. The minimum atomic E-state index is -0.695. The number of fused-ring (bicyclic) bond motifs is 1. The van der Waals surface area contributed by atoms with Gasteiger partial charge in [0.25, 0.3) is 11.5 Å². The van der Waals surface area contributed by atoms with Crippen molar-refractivity contribution >= 4 is 29.0 Å². The molecule has 5 aromatic rings. The highest BCUT2D eigenvalue weighted by Crippen LogP contribution is 2.32. The highest BCUT2D eigenvalue weighted by molar-refractivity contribution is 7.07. The number of benzene rings is 3. The molecule has 1 atom stereocenters. The first-order valence-electron chi connectivity index (χ1n) is 14.3. The van der Waals surface area contributed by atoms with Crippen LogP contribution in [0, 0.1) is 19.7 Å². The van der Waals surface area contributed by atoms with Crippen molar-refractivity contribution in [3.05, 3.63) is 144 Å². The van der Waals surface area contributed by atoms with Crippen LogP contribution >= 0.6 is 11.3 Å². The first-order chi connectivity index (χ1) is 21.2. The van der Waals surface area contributed by atoms with Gasteiger partial charge in [0.1, 0.15) is 11.6 Å². The molecule has 7 nitrogen and oxygen atoms in total. The number of para-hydroxylation sites is 1. The van der Waals surface area contributed by atoms with Crippen molar-refractivity contribution in [1.29, 1.82) is 0 Å². The van der Waals surface area contributed by atoms with Gasteiger partial charge in [-0.15, -0.1) is 0 Å². The lowest BCUT2D eigenvalue weighted by Crippen LogP contribution is -2.40. The summed E-state index contributed by atoms with van der Waals surface area (Å²) >= 11 is 1.29. The molecule has 0 radical (unpaired) electrons. The molecule has 1 amide bonds. The lowest BCUT2D eigenvalue weighted by molar-refractivity contribution is -0.113. The number of anilines is 1. The summed E-state index contributed by atoms with van der Waals surface area (Å²) in [5, 5.41) is 2.98. The number of hydrogen-bond donors (Lipinski definition) is 1. The Morgan fingerprint density at radius 2 is 1.73 bits per heavy atom. The number of nitrogens with one attached hydrogen (secondary N) is 1. The lowest BCUT2D eigenvalue weighted by Gasteiger charge is -2.25. The van der Waals surface area contributed by atoms with Gasteiger partial charge in [-0.3, -0.25) is 14.2 Å². The molecule has 1 aliphatic heterocycles. The van der Waals surface area contributed by atoms with E-state index in [0.29, 0.717) is 38.6 Å². The molecular weight excluding hydrogens is 575 g/mol. The van der Waals surface area contributed by atoms with Crippen LogP contribution in [0.25, 0.3) is 11.8 Å². The van der Waals surface area contributed by atoms with E-state index in [9.17, 15) is 14.0 Å². The number of ether oxygens (including phenoxy) is 1. The van der Waals surface area contributed by atoms with Crippen molar-refractivity contribution in [1.82, 2.24) is 9.13 Å². The predicted molar refractivity (Wildman–Crippen MR) is 172 cm³/mol. The second-order valence-corrected chi connectivity index (χ2v) is 11.6. The van der Waals surface area contributed by atoms with Crippen LogP contribution in [-0.2, 0) is 4.79 Å². The van der Waals surface area contributed by atoms with Crippen LogP contribution in [0.5, 0.6) is 5.75 Å². The van der Waals surface area contributed by atoms with Gasteiger partial charge in [-0.1, -0.05) is 41.7 Å². The molecular formula is C35H31FN4O3S. The van der Waals surface area contributed by atoms with Crippen LogP contribution in [-0.4, -0.2) is 21.6 Å². The van der Waals surface area contributed by atoms with Gasteiger partial charge in [-0.2, -0.15) is 0 Å². The average Bonchev–Trinajstić information content (AvgIpc) is 3.47. The van der Waals surface area contributed by atoms with Crippen molar-refractivity contribution in [2.75, 3.05) is 11.9 Å². The number of amides is 1. The van der Waals surface area contributed by atoms with E-state index < -0.39 is 6.04 Å². The third kappa shape index (κ3) is 5.42. The second kappa shape index (κ2) is 11.9. The molecule has 0 aliphatic carbocycles. The van der Waals surface area contributed by atoms with Crippen molar-refractivity contribution in [2.24, 2.45) is 4.99 Å². The first-order valence-corrected chi connectivity index (χ1v) is 15.1. The van der Waals surface area contributed by atoms with Crippen LogP contribution in [0.2, 0.25) is 0 Å². The number of rotatable bonds is 7. The molecule has 2 aromatic heterocycles. The molecule has 0 saturated carbocycles. The molecule has 0 saturated heterocycles. The molecule has 44 heavy (non-hydrogen) atoms. The number of aryl methyl sites for hydroxylation is 1. The normalized spacial score (nSPS) is 14.8. The van der Waals surface area contributed by atoms with Gasteiger partial charge in [0, 0.05) is 22.8 Å². The van der Waals surface area contributed by atoms with E-state index in [1.54, 1.807) is 23.6 Å². The number of carbonyl (C=O) groups excluding carboxylic acids is 1. The number of nitrogens with zero attached hydrogens (tertiary/aromatic N) is 3. The molecule has 0 spiro atoms. The summed E-state index contributed by atoms with van der Waals surface area (Å²) in [6.07, 6.45) is 1.87. The van der Waals surface area contributed by atoms with Crippen LogP contribution in [0.4, 0.5) is 10.1 Å². The Hall–Kier alpha value is -5.02. The zero-order valence-corrected chi connectivity index (χ0v) is 25.6. The maximum atomic E-state index is 14.2. The van der Waals surface area contributed by atoms with Crippen LogP contribution in [0.3, 0.4) is 0 Å². The Balaban J connectivity index is 1.48. The molecule has 6 rings (SSSR count). The SMILES string of the molecule is CCOc1ccc([C@H]2C(C(=O)Nc3ccccc3)=C(C)N=c3s/c(=C\c4cc(C)n(-c5ccc(F)cc5)c4C)c(=O)n32)cc1. The number of carbonyl (C=O) groups is 1. The van der Waals surface area contributed by atoms with Gasteiger partial charge in [-0.05, 0) is 99.5 Å². The van der Waals surface area contributed by atoms with E-state index in [0.717, 1.165) is 28.2 Å². The number of hydrogen-bond acceptors (Lipinski definition) is 5. The van der Waals surface area contributed by atoms with Crippen molar-refractivity contribution in [3.63, 3.8) is 0 Å². The molecule has 0 unspecified atom stereocenters. The van der Waals surface area contributed by atoms with Crippen LogP contribution in [0.1, 0.15) is 42.4 Å². The maximum absolute atomic E-state index is 14.2. The standard InChI is InChI=1S/C35H31FN4O3S/c1-5-43-29-17-11-24(12-18-29)32-31(33(41)38-27-9-7-6-8-10-27)22(3)37-35-40(32)34(42)30(44-35)20-25-19-21(2)39(23(25)4)28-15-13-26(36)14-16-28/h6-20,32H,5H2,1-4H3,(H,38,41)/b30-20-/t32-/m0/s1. The Bertz CT molecular complexity index is 2070. The summed E-state index contributed by atoms with van der Waals surface area (Å²) in [5.41, 5.74) is 5.69. The van der Waals surface area contributed by atoms with E-state index in [1.807, 2.05) is 92.1 Å². The Labute approximate surface area is 257 Å². The summed E-state index contributed by atoms with van der Waals surface area (Å²) < 4.78 is 23.4. The lowest BCUT2D eigenvalue weighted by atomic mass is 9.95. The fourth-order valence-electron chi connectivity index (χ4n) is 5.62. The van der Waals surface area contributed by atoms with Gasteiger partial charge >= 0.3 is 0 Å². The van der Waals surface area contributed by atoms with Crippen molar-refractivity contribution in [2.45, 2.75) is 33.7 Å². The van der Waals surface area contributed by atoms with E-state index in [-0.39, 0.29) is 17.3 Å². The molecule has 0 bridgehead atoms. The zero-order valence-electron chi connectivity index (χ0n) is 24.8. The van der Waals surface area contributed by atoms with Crippen LogP contribution in [0.15, 0.2) is 106 Å². The van der Waals surface area contributed by atoms with Crippen molar-refractivity contribution in [3.8, 4) is 11.4 Å². The number of aromatic nitrogens is 2. The second-order valence-electron chi connectivity index (χ2n) is 10.5. The number of halogens is 1. The van der Waals surface area contributed by atoms with E-state index >= 15 is 0 Å². The van der Waals surface area contributed by atoms with Gasteiger partial charge in [0.2, 0.25) is 0 Å². The fourth-order valence-corrected chi connectivity index (χ4v) is 6.66. The molecule has 1 N–H and O–H groups in total. The quantitative estimate of drug-likeness (QED) is 0.254. The molecule has 0 fully saturated rings.